The first-order valence-electron chi connectivity index (χ1n) is 9.75. The molecule has 4 heteroatoms. The highest BCUT2D eigenvalue weighted by Crippen LogP contribution is 2.25. The first kappa shape index (κ1) is 19.4. The molecule has 0 spiro atoms. The first-order valence-corrected chi connectivity index (χ1v) is 9.75. The number of hydrogen-bond donors (Lipinski definition) is 1. The summed E-state index contributed by atoms with van der Waals surface area (Å²) in [5.74, 6) is 2.18. The number of amides is 1. The van der Waals surface area contributed by atoms with Crippen molar-refractivity contribution >= 4 is 5.91 Å². The second-order valence-electron chi connectivity index (χ2n) is 7.82. The van der Waals surface area contributed by atoms with Crippen LogP contribution in [-0.4, -0.2) is 37.6 Å². The van der Waals surface area contributed by atoms with Gasteiger partial charge in [0.25, 0.3) is 0 Å². The molecule has 2 aromatic carbocycles. The molecule has 1 N–H and O–H groups in total. The molecule has 0 aliphatic carbocycles. The summed E-state index contributed by atoms with van der Waals surface area (Å²) in [5.41, 5.74) is 2.13. The van der Waals surface area contributed by atoms with Crippen molar-refractivity contribution < 1.29 is 9.53 Å². The lowest BCUT2D eigenvalue weighted by Gasteiger charge is -2.34. The maximum atomic E-state index is 12.8. The molecule has 3 rings (SSSR count). The van der Waals surface area contributed by atoms with Gasteiger partial charge in [0.05, 0.1) is 19.7 Å². The van der Waals surface area contributed by atoms with Crippen LogP contribution in [0.2, 0.25) is 0 Å². The molecular formula is C23H30N2O2. The van der Waals surface area contributed by atoms with Gasteiger partial charge in [0.15, 0.2) is 0 Å². The van der Waals surface area contributed by atoms with E-state index in [2.05, 4.69) is 36.2 Å². The maximum Gasteiger partial charge on any atom is 0.234 e. The van der Waals surface area contributed by atoms with E-state index in [4.69, 9.17) is 4.74 Å². The maximum absolute atomic E-state index is 12.8. The molecule has 4 nitrogen and oxygen atoms in total. The number of carbonyl (C=O) groups is 1. The minimum absolute atomic E-state index is 0.0703. The number of hydrogen-bond acceptors (Lipinski definition) is 3. The van der Waals surface area contributed by atoms with E-state index in [1.54, 1.807) is 7.11 Å². The monoisotopic (exact) mass is 366 g/mol. The van der Waals surface area contributed by atoms with Crippen LogP contribution in [-0.2, 0) is 4.79 Å². The zero-order valence-corrected chi connectivity index (χ0v) is 16.5. The normalized spacial score (nSPS) is 21.4. The standard InChI is InChI=1S/C23H30N2O2/c1-17-13-18(2)15-25(14-17)16-22(26)24-23(19-7-5-4-6-8-19)20-9-11-21(27-3)12-10-20/h4-12,17-18,23H,13-16H2,1-3H3,(H,24,26)/t17-,18-,23-/m0/s1. The minimum Gasteiger partial charge on any atom is -0.497 e. The molecule has 0 aromatic heterocycles. The lowest BCUT2D eigenvalue weighted by molar-refractivity contribution is -0.123. The number of nitrogens with one attached hydrogen (secondary N) is 1. The van der Waals surface area contributed by atoms with Crippen LogP contribution >= 0.6 is 0 Å². The van der Waals surface area contributed by atoms with Gasteiger partial charge in [-0.1, -0.05) is 56.3 Å². The Morgan fingerprint density at radius 3 is 2.22 bits per heavy atom. The van der Waals surface area contributed by atoms with Crippen molar-refractivity contribution in [3.05, 3.63) is 65.7 Å². The SMILES string of the molecule is COc1ccc([C@@H](NC(=O)CN2C[C@@H](C)C[C@H](C)C2)c2ccccc2)cc1. The van der Waals surface area contributed by atoms with Crippen LogP contribution < -0.4 is 10.1 Å². The summed E-state index contributed by atoms with van der Waals surface area (Å²) in [6.07, 6.45) is 1.25. The molecule has 0 radical (unpaired) electrons. The van der Waals surface area contributed by atoms with E-state index in [-0.39, 0.29) is 11.9 Å². The topological polar surface area (TPSA) is 41.6 Å². The van der Waals surface area contributed by atoms with Crippen molar-refractivity contribution in [3.63, 3.8) is 0 Å². The third-order valence-electron chi connectivity index (χ3n) is 5.20. The van der Waals surface area contributed by atoms with Crippen molar-refractivity contribution in [2.75, 3.05) is 26.7 Å². The number of nitrogens with zero attached hydrogens (tertiary/aromatic N) is 1. The molecule has 3 atom stereocenters. The predicted molar refractivity (Wildman–Crippen MR) is 109 cm³/mol. The summed E-state index contributed by atoms with van der Waals surface area (Å²) in [5, 5.41) is 3.24. The average molecular weight is 367 g/mol. The van der Waals surface area contributed by atoms with E-state index >= 15 is 0 Å². The van der Waals surface area contributed by atoms with Gasteiger partial charge in [0.2, 0.25) is 5.91 Å². The second-order valence-corrected chi connectivity index (χ2v) is 7.82. The molecular weight excluding hydrogens is 336 g/mol. The van der Waals surface area contributed by atoms with Crippen LogP contribution in [0.5, 0.6) is 5.75 Å². The van der Waals surface area contributed by atoms with Gasteiger partial charge >= 0.3 is 0 Å². The number of likely N-dealkylation sites (tertiary alicyclic amines) is 1. The second kappa shape index (κ2) is 9.05. The summed E-state index contributed by atoms with van der Waals surface area (Å²) in [4.78, 5) is 15.1. The van der Waals surface area contributed by atoms with Crippen LogP contribution in [0.3, 0.4) is 0 Å². The number of carbonyl (C=O) groups excluding carboxylic acids is 1. The predicted octanol–water partition coefficient (Wildman–Crippen LogP) is 3.88. The summed E-state index contributed by atoms with van der Waals surface area (Å²) in [7, 11) is 1.66. The van der Waals surface area contributed by atoms with Gasteiger partial charge in [-0.05, 0) is 41.5 Å². The number of methoxy groups -OCH3 is 1. The Bertz CT molecular complexity index is 720. The molecule has 144 valence electrons. The first-order chi connectivity index (χ1) is 13.0. The lowest BCUT2D eigenvalue weighted by atomic mass is 9.92. The fraction of sp³-hybridized carbons (Fsp3) is 0.435. The zero-order chi connectivity index (χ0) is 19.2. The summed E-state index contributed by atoms with van der Waals surface area (Å²) in [6, 6.07) is 17.9. The van der Waals surface area contributed by atoms with Crippen molar-refractivity contribution in [2.24, 2.45) is 11.8 Å². The third kappa shape index (κ3) is 5.33. The van der Waals surface area contributed by atoms with Crippen molar-refractivity contribution in [1.82, 2.24) is 10.2 Å². The van der Waals surface area contributed by atoms with Gasteiger partial charge in [0, 0.05) is 13.1 Å². The summed E-state index contributed by atoms with van der Waals surface area (Å²) >= 11 is 0. The fourth-order valence-electron chi connectivity index (χ4n) is 4.13. The van der Waals surface area contributed by atoms with Gasteiger partial charge in [-0.3, -0.25) is 9.69 Å². The Balaban J connectivity index is 1.74. The number of benzene rings is 2. The Labute approximate surface area is 162 Å². The molecule has 1 aliphatic heterocycles. The van der Waals surface area contributed by atoms with E-state index in [1.165, 1.54) is 6.42 Å². The van der Waals surface area contributed by atoms with Crippen molar-refractivity contribution in [3.8, 4) is 5.75 Å². The molecule has 27 heavy (non-hydrogen) atoms. The molecule has 1 saturated heterocycles. The van der Waals surface area contributed by atoms with E-state index in [1.807, 2.05) is 42.5 Å². The number of piperidine rings is 1. The fourth-order valence-corrected chi connectivity index (χ4v) is 4.13. The third-order valence-corrected chi connectivity index (χ3v) is 5.20. The lowest BCUT2D eigenvalue weighted by Crippen LogP contribution is -2.45. The highest BCUT2D eigenvalue weighted by Gasteiger charge is 2.24. The molecule has 1 heterocycles. The van der Waals surface area contributed by atoms with E-state index in [9.17, 15) is 4.79 Å². The smallest absolute Gasteiger partial charge is 0.234 e. The van der Waals surface area contributed by atoms with Crippen LogP contribution in [0, 0.1) is 11.8 Å². The van der Waals surface area contributed by atoms with Crippen LogP contribution in [0.15, 0.2) is 54.6 Å². The van der Waals surface area contributed by atoms with E-state index < -0.39 is 0 Å². The minimum atomic E-state index is -0.163. The molecule has 1 amide bonds. The zero-order valence-electron chi connectivity index (χ0n) is 16.5. The van der Waals surface area contributed by atoms with Gasteiger partial charge in [-0.2, -0.15) is 0 Å². The number of ether oxygens (including phenoxy) is 1. The van der Waals surface area contributed by atoms with Crippen LogP contribution in [0.4, 0.5) is 0 Å². The van der Waals surface area contributed by atoms with Gasteiger partial charge in [-0.25, -0.2) is 0 Å². The highest BCUT2D eigenvalue weighted by atomic mass is 16.5. The van der Waals surface area contributed by atoms with E-state index in [0.29, 0.717) is 18.4 Å². The Kier molecular flexibility index (Phi) is 6.51. The Morgan fingerprint density at radius 1 is 1.04 bits per heavy atom. The summed E-state index contributed by atoms with van der Waals surface area (Å²) < 4.78 is 5.26. The van der Waals surface area contributed by atoms with Gasteiger partial charge < -0.3 is 10.1 Å². The van der Waals surface area contributed by atoms with Crippen LogP contribution in [0.1, 0.15) is 37.4 Å². The summed E-state index contributed by atoms with van der Waals surface area (Å²) in [6.45, 7) is 6.98. The molecule has 2 aromatic rings. The van der Waals surface area contributed by atoms with E-state index in [0.717, 1.165) is 30.0 Å². The largest absolute Gasteiger partial charge is 0.497 e. The molecule has 0 saturated carbocycles. The van der Waals surface area contributed by atoms with Crippen LogP contribution in [0.25, 0.3) is 0 Å². The molecule has 1 aliphatic rings. The average Bonchev–Trinajstić information content (AvgIpc) is 2.66. The molecule has 0 bridgehead atoms. The van der Waals surface area contributed by atoms with Gasteiger partial charge in [0.1, 0.15) is 5.75 Å². The van der Waals surface area contributed by atoms with Crippen molar-refractivity contribution in [2.45, 2.75) is 26.3 Å². The molecule has 0 unspecified atom stereocenters. The number of rotatable bonds is 6. The van der Waals surface area contributed by atoms with Crippen molar-refractivity contribution in [1.29, 1.82) is 0 Å². The highest BCUT2D eigenvalue weighted by molar-refractivity contribution is 5.79. The Hall–Kier alpha value is -2.33. The molecule has 1 fully saturated rings. The Morgan fingerprint density at radius 2 is 1.63 bits per heavy atom. The quantitative estimate of drug-likeness (QED) is 0.844. The van der Waals surface area contributed by atoms with Gasteiger partial charge in [-0.15, -0.1) is 0 Å².